The van der Waals surface area contributed by atoms with Crippen molar-refractivity contribution in [3.8, 4) is 0 Å². The van der Waals surface area contributed by atoms with Gasteiger partial charge in [-0.3, -0.25) is 4.98 Å². The number of halogens is 6. The lowest BCUT2D eigenvalue weighted by Gasteiger charge is -2.28. The van der Waals surface area contributed by atoms with Gasteiger partial charge in [0.05, 0.1) is 13.2 Å². The van der Waals surface area contributed by atoms with E-state index in [1.807, 2.05) is 18.5 Å². The van der Waals surface area contributed by atoms with Crippen molar-refractivity contribution in [2.24, 2.45) is 11.3 Å². The standard InChI is InChI=1S/C15H22N2O.2C2HF3O2/c1-12-4-6-16-7-13(12)9-18-11-15-5-2-3-14(15)8-17-10-15;2*3-2(4,5)1(6)7/h4,6-7,14,17H,2-3,5,8-11H2,1H3;2*(H,6,7)/t14-,15+;;/m1../s1. The molecule has 0 aromatic carbocycles. The predicted octanol–water partition coefficient (Wildman–Crippen LogP) is 3.56. The van der Waals surface area contributed by atoms with Crippen molar-refractivity contribution < 1.29 is 50.9 Å². The fourth-order valence-electron chi connectivity index (χ4n) is 3.51. The molecule has 7 nitrogen and oxygen atoms in total. The summed E-state index contributed by atoms with van der Waals surface area (Å²) in [6.45, 7) is 6.06. The molecule has 1 aliphatic heterocycles. The van der Waals surface area contributed by atoms with Crippen LogP contribution in [0.1, 0.15) is 30.4 Å². The van der Waals surface area contributed by atoms with Gasteiger partial charge in [-0.25, -0.2) is 9.59 Å². The SMILES string of the molecule is Cc1ccncc1COC[C@@]12CCC[C@@H]1CNC2.O=C(O)C(F)(F)F.O=C(O)C(F)(F)F. The lowest BCUT2D eigenvalue weighted by Crippen LogP contribution is -2.31. The number of aryl methyl sites for hydroxylation is 1. The Labute approximate surface area is 179 Å². The van der Waals surface area contributed by atoms with Gasteiger partial charge >= 0.3 is 24.3 Å². The van der Waals surface area contributed by atoms with E-state index in [1.54, 1.807) is 0 Å². The molecule has 0 amide bonds. The van der Waals surface area contributed by atoms with Crippen molar-refractivity contribution in [3.63, 3.8) is 0 Å². The van der Waals surface area contributed by atoms with Crippen LogP contribution >= 0.6 is 0 Å². The molecule has 0 bridgehead atoms. The fourth-order valence-corrected chi connectivity index (χ4v) is 3.51. The first-order valence-corrected chi connectivity index (χ1v) is 9.47. The van der Waals surface area contributed by atoms with Crippen molar-refractivity contribution in [3.05, 3.63) is 29.6 Å². The Bertz CT molecular complexity index is 735. The summed E-state index contributed by atoms with van der Waals surface area (Å²) in [4.78, 5) is 22.0. The number of ether oxygens (including phenoxy) is 1. The van der Waals surface area contributed by atoms with Gasteiger partial charge in [0.25, 0.3) is 0 Å². The van der Waals surface area contributed by atoms with Gasteiger partial charge in [-0.2, -0.15) is 26.3 Å². The number of hydrogen-bond acceptors (Lipinski definition) is 5. The zero-order valence-electron chi connectivity index (χ0n) is 17.1. The summed E-state index contributed by atoms with van der Waals surface area (Å²) >= 11 is 0. The molecule has 2 atom stereocenters. The van der Waals surface area contributed by atoms with Gasteiger partial charge in [0, 0.05) is 24.4 Å². The Morgan fingerprint density at radius 1 is 1.19 bits per heavy atom. The monoisotopic (exact) mass is 474 g/mol. The Balaban J connectivity index is 0.000000305. The Morgan fingerprint density at radius 3 is 2.25 bits per heavy atom. The molecule has 13 heteroatoms. The quantitative estimate of drug-likeness (QED) is 0.573. The summed E-state index contributed by atoms with van der Waals surface area (Å²) in [5.41, 5.74) is 2.92. The first kappa shape index (κ1) is 27.6. The maximum atomic E-state index is 10.6. The van der Waals surface area contributed by atoms with Crippen LogP contribution in [0.2, 0.25) is 0 Å². The zero-order valence-corrected chi connectivity index (χ0v) is 17.1. The maximum Gasteiger partial charge on any atom is 0.490 e. The van der Waals surface area contributed by atoms with Crippen LogP contribution in [0.25, 0.3) is 0 Å². The van der Waals surface area contributed by atoms with Gasteiger partial charge in [0.2, 0.25) is 0 Å². The molecule has 0 radical (unpaired) electrons. The van der Waals surface area contributed by atoms with Crippen molar-refractivity contribution in [1.82, 2.24) is 10.3 Å². The molecule has 1 saturated carbocycles. The number of fused-ring (bicyclic) bond motifs is 1. The van der Waals surface area contributed by atoms with Gasteiger partial charge in [-0.05, 0) is 49.4 Å². The minimum atomic E-state index is -5.08. The molecule has 2 aliphatic rings. The molecule has 0 unspecified atom stereocenters. The van der Waals surface area contributed by atoms with Crippen molar-refractivity contribution in [1.29, 1.82) is 0 Å². The molecule has 1 aromatic heterocycles. The molecule has 2 fully saturated rings. The molecule has 1 aromatic rings. The number of nitrogens with one attached hydrogen (secondary N) is 1. The van der Waals surface area contributed by atoms with Gasteiger partial charge in [-0.1, -0.05) is 6.42 Å². The van der Waals surface area contributed by atoms with Gasteiger partial charge in [0.1, 0.15) is 0 Å². The van der Waals surface area contributed by atoms with Crippen LogP contribution in [-0.2, 0) is 20.9 Å². The second-order valence-corrected chi connectivity index (χ2v) is 7.48. The van der Waals surface area contributed by atoms with Gasteiger partial charge in [-0.15, -0.1) is 0 Å². The molecular formula is C19H24F6N2O5. The second-order valence-electron chi connectivity index (χ2n) is 7.48. The summed E-state index contributed by atoms with van der Waals surface area (Å²) in [6, 6.07) is 2.05. The third kappa shape index (κ3) is 8.61. The molecule has 1 aliphatic carbocycles. The van der Waals surface area contributed by atoms with Crippen LogP contribution in [0.15, 0.2) is 18.5 Å². The third-order valence-electron chi connectivity index (χ3n) is 5.24. The topological polar surface area (TPSA) is 109 Å². The summed E-state index contributed by atoms with van der Waals surface area (Å²) in [5, 5.41) is 17.8. The van der Waals surface area contributed by atoms with E-state index in [1.165, 1.54) is 36.9 Å². The number of carbonyl (C=O) groups is 2. The first-order chi connectivity index (χ1) is 14.7. The van der Waals surface area contributed by atoms with Crippen molar-refractivity contribution in [2.45, 2.75) is 45.1 Å². The summed E-state index contributed by atoms with van der Waals surface area (Å²) < 4.78 is 69.5. The average Bonchev–Trinajstić information content (AvgIpc) is 3.23. The molecule has 3 rings (SSSR count). The number of carboxylic acids is 2. The number of aromatic nitrogens is 1. The van der Waals surface area contributed by atoms with E-state index in [-0.39, 0.29) is 0 Å². The van der Waals surface area contributed by atoms with Crippen molar-refractivity contribution >= 4 is 11.9 Å². The van der Waals surface area contributed by atoms with E-state index in [4.69, 9.17) is 24.5 Å². The predicted molar refractivity (Wildman–Crippen MR) is 98.7 cm³/mol. The lowest BCUT2D eigenvalue weighted by molar-refractivity contribution is -0.193. The third-order valence-corrected chi connectivity index (χ3v) is 5.24. The Morgan fingerprint density at radius 2 is 1.75 bits per heavy atom. The summed E-state index contributed by atoms with van der Waals surface area (Å²) in [6.07, 6.45) is -2.32. The second kappa shape index (κ2) is 11.5. The molecule has 182 valence electrons. The Kier molecular flexibility index (Phi) is 9.89. The van der Waals surface area contributed by atoms with Crippen LogP contribution in [0.5, 0.6) is 0 Å². The van der Waals surface area contributed by atoms with Crippen molar-refractivity contribution in [2.75, 3.05) is 19.7 Å². The minimum absolute atomic E-state index is 0.427. The van der Waals surface area contributed by atoms with Gasteiger partial charge < -0.3 is 20.3 Å². The number of hydrogen-bond donors (Lipinski definition) is 3. The number of pyridine rings is 1. The lowest BCUT2D eigenvalue weighted by atomic mass is 9.82. The first-order valence-electron chi connectivity index (χ1n) is 9.47. The van der Waals surface area contributed by atoms with E-state index in [0.29, 0.717) is 12.0 Å². The normalized spacial score (nSPS) is 22.2. The van der Waals surface area contributed by atoms with Crippen LogP contribution in [0.3, 0.4) is 0 Å². The molecule has 32 heavy (non-hydrogen) atoms. The minimum Gasteiger partial charge on any atom is -0.475 e. The highest BCUT2D eigenvalue weighted by atomic mass is 19.4. The maximum absolute atomic E-state index is 10.6. The smallest absolute Gasteiger partial charge is 0.475 e. The van der Waals surface area contributed by atoms with Crippen LogP contribution in [-0.4, -0.2) is 59.2 Å². The molecule has 2 heterocycles. The Hall–Kier alpha value is -2.41. The zero-order chi connectivity index (χ0) is 24.6. The summed E-state index contributed by atoms with van der Waals surface area (Å²) in [5.74, 6) is -4.67. The van der Waals surface area contributed by atoms with Crippen LogP contribution in [0, 0.1) is 18.3 Å². The number of alkyl halides is 6. The van der Waals surface area contributed by atoms with E-state index >= 15 is 0 Å². The molecule has 0 spiro atoms. The highest BCUT2D eigenvalue weighted by Crippen LogP contribution is 2.45. The largest absolute Gasteiger partial charge is 0.490 e. The van der Waals surface area contributed by atoms with E-state index < -0.39 is 24.3 Å². The number of carboxylic acid groups (broad SMARTS) is 2. The fraction of sp³-hybridized carbons (Fsp3) is 0.632. The molecular weight excluding hydrogens is 450 g/mol. The average molecular weight is 474 g/mol. The number of rotatable bonds is 4. The molecule has 3 N–H and O–H groups in total. The number of aliphatic carboxylic acids is 2. The number of nitrogens with zero attached hydrogens (tertiary/aromatic N) is 1. The highest BCUT2D eigenvalue weighted by molar-refractivity contribution is 5.73. The van der Waals surface area contributed by atoms with Crippen LogP contribution in [0.4, 0.5) is 26.3 Å². The van der Waals surface area contributed by atoms with Crippen LogP contribution < -0.4 is 5.32 Å². The highest BCUT2D eigenvalue weighted by Gasteiger charge is 2.46. The molecule has 1 saturated heterocycles. The van der Waals surface area contributed by atoms with E-state index in [0.717, 1.165) is 19.1 Å². The van der Waals surface area contributed by atoms with E-state index in [9.17, 15) is 26.3 Å². The van der Waals surface area contributed by atoms with E-state index in [2.05, 4.69) is 17.2 Å². The summed E-state index contributed by atoms with van der Waals surface area (Å²) in [7, 11) is 0. The van der Waals surface area contributed by atoms with Gasteiger partial charge in [0.15, 0.2) is 0 Å².